The van der Waals surface area contributed by atoms with Crippen molar-refractivity contribution in [2.24, 2.45) is 0 Å². The summed E-state index contributed by atoms with van der Waals surface area (Å²) in [6.45, 7) is 2.96. The molecule has 3 heterocycles. The van der Waals surface area contributed by atoms with E-state index in [9.17, 15) is 9.59 Å². The van der Waals surface area contributed by atoms with Gasteiger partial charge in [0.25, 0.3) is 5.56 Å². The smallest absolute Gasteiger partial charge is 0.325 e. The quantitative estimate of drug-likeness (QED) is 0.807. The molecule has 0 unspecified atom stereocenters. The van der Waals surface area contributed by atoms with Crippen molar-refractivity contribution in [2.45, 2.75) is 25.7 Å². The van der Waals surface area contributed by atoms with Crippen molar-refractivity contribution in [3.8, 4) is 0 Å². The van der Waals surface area contributed by atoms with Gasteiger partial charge in [-0.25, -0.2) is 4.79 Å². The lowest BCUT2D eigenvalue weighted by molar-refractivity contribution is 0.192. The predicted molar refractivity (Wildman–Crippen MR) is 67.7 cm³/mol. The fourth-order valence-corrected chi connectivity index (χ4v) is 2.23. The van der Waals surface area contributed by atoms with Gasteiger partial charge in [0.1, 0.15) is 0 Å². The minimum Gasteiger partial charge on any atom is -0.381 e. The zero-order valence-electron chi connectivity index (χ0n) is 10.9. The van der Waals surface area contributed by atoms with Crippen LogP contribution in [-0.2, 0) is 11.2 Å². The molecule has 0 saturated carbocycles. The van der Waals surface area contributed by atoms with E-state index in [1.165, 1.54) is 0 Å². The molecule has 1 atom stereocenters. The number of aromatic amines is 2. The molecule has 1 fully saturated rings. The van der Waals surface area contributed by atoms with Gasteiger partial charge in [0.2, 0.25) is 5.89 Å². The van der Waals surface area contributed by atoms with Crippen LogP contribution >= 0.6 is 0 Å². The molecule has 1 saturated heterocycles. The molecule has 0 aromatic carbocycles. The highest BCUT2D eigenvalue weighted by Crippen LogP contribution is 2.22. The molecule has 1 aliphatic rings. The van der Waals surface area contributed by atoms with Crippen LogP contribution in [-0.4, -0.2) is 33.3 Å². The van der Waals surface area contributed by atoms with Crippen molar-refractivity contribution < 1.29 is 9.26 Å². The van der Waals surface area contributed by atoms with Crippen LogP contribution in [0.4, 0.5) is 0 Å². The lowest BCUT2D eigenvalue weighted by Gasteiger charge is -2.00. The van der Waals surface area contributed by atoms with Gasteiger partial charge in [-0.05, 0) is 13.3 Å². The van der Waals surface area contributed by atoms with Gasteiger partial charge in [-0.1, -0.05) is 5.16 Å². The van der Waals surface area contributed by atoms with Crippen molar-refractivity contribution in [2.75, 3.05) is 13.2 Å². The topological polar surface area (TPSA) is 114 Å². The van der Waals surface area contributed by atoms with Gasteiger partial charge in [0.05, 0.1) is 13.0 Å². The first kappa shape index (κ1) is 12.8. The highest BCUT2D eigenvalue weighted by molar-refractivity contribution is 5.18. The molecule has 106 valence electrons. The summed E-state index contributed by atoms with van der Waals surface area (Å²) in [7, 11) is 0. The van der Waals surface area contributed by atoms with Crippen LogP contribution in [0.2, 0.25) is 0 Å². The molecule has 20 heavy (non-hydrogen) atoms. The van der Waals surface area contributed by atoms with Gasteiger partial charge in [0, 0.05) is 23.8 Å². The Bertz CT molecular complexity index is 724. The zero-order chi connectivity index (χ0) is 14.1. The highest BCUT2D eigenvalue weighted by Gasteiger charge is 2.23. The molecular weight excluding hydrogens is 264 g/mol. The maximum absolute atomic E-state index is 11.7. The van der Waals surface area contributed by atoms with E-state index >= 15 is 0 Å². The molecule has 8 heteroatoms. The Morgan fingerprint density at radius 3 is 2.90 bits per heavy atom. The van der Waals surface area contributed by atoms with Crippen LogP contribution in [0.25, 0.3) is 0 Å². The van der Waals surface area contributed by atoms with E-state index in [1.807, 2.05) is 0 Å². The van der Waals surface area contributed by atoms with Crippen LogP contribution in [0.3, 0.4) is 0 Å². The summed E-state index contributed by atoms with van der Waals surface area (Å²) in [4.78, 5) is 31.9. The van der Waals surface area contributed by atoms with Crippen LogP contribution in [0.5, 0.6) is 0 Å². The lowest BCUT2D eigenvalue weighted by atomic mass is 10.1. The van der Waals surface area contributed by atoms with Crippen molar-refractivity contribution in [3.05, 3.63) is 43.8 Å². The Morgan fingerprint density at radius 1 is 1.35 bits per heavy atom. The number of rotatable bonds is 3. The molecule has 0 spiro atoms. The van der Waals surface area contributed by atoms with Gasteiger partial charge in [-0.15, -0.1) is 0 Å². The molecule has 2 aromatic rings. The van der Waals surface area contributed by atoms with Gasteiger partial charge in [-0.2, -0.15) is 4.98 Å². The van der Waals surface area contributed by atoms with Gasteiger partial charge >= 0.3 is 5.69 Å². The summed E-state index contributed by atoms with van der Waals surface area (Å²) in [5.74, 6) is 1.12. The number of hydrogen-bond acceptors (Lipinski definition) is 6. The van der Waals surface area contributed by atoms with E-state index in [0.717, 1.165) is 6.42 Å². The number of aromatic nitrogens is 4. The number of hydrogen-bond donors (Lipinski definition) is 2. The molecule has 0 radical (unpaired) electrons. The molecule has 0 bridgehead atoms. The van der Waals surface area contributed by atoms with Gasteiger partial charge < -0.3 is 14.2 Å². The zero-order valence-corrected chi connectivity index (χ0v) is 10.9. The fraction of sp³-hybridized carbons (Fsp3) is 0.500. The second-order valence-corrected chi connectivity index (χ2v) is 4.80. The largest absolute Gasteiger partial charge is 0.381 e. The minimum atomic E-state index is -0.523. The van der Waals surface area contributed by atoms with Crippen molar-refractivity contribution in [1.29, 1.82) is 0 Å². The van der Waals surface area contributed by atoms with Crippen molar-refractivity contribution >= 4 is 0 Å². The number of ether oxygens (including phenoxy) is 1. The number of aryl methyl sites for hydroxylation is 1. The van der Waals surface area contributed by atoms with E-state index in [2.05, 4.69) is 20.1 Å². The normalized spacial score (nSPS) is 18.6. The average Bonchev–Trinajstić information content (AvgIpc) is 3.04. The van der Waals surface area contributed by atoms with Gasteiger partial charge in [0.15, 0.2) is 5.82 Å². The molecule has 8 nitrogen and oxygen atoms in total. The second kappa shape index (κ2) is 5.04. The Hall–Kier alpha value is -2.22. The molecule has 0 aliphatic carbocycles. The van der Waals surface area contributed by atoms with E-state index in [0.29, 0.717) is 36.2 Å². The molecular formula is C12H14N4O4. The maximum Gasteiger partial charge on any atom is 0.325 e. The third-order valence-corrected chi connectivity index (χ3v) is 3.36. The first-order valence-electron chi connectivity index (χ1n) is 6.36. The Balaban J connectivity index is 1.85. The van der Waals surface area contributed by atoms with E-state index in [4.69, 9.17) is 9.26 Å². The monoisotopic (exact) mass is 278 g/mol. The number of nitrogens with zero attached hydrogens (tertiary/aromatic N) is 2. The Labute approximate surface area is 113 Å². The first-order valence-corrected chi connectivity index (χ1v) is 6.36. The number of nitrogens with one attached hydrogen (secondary N) is 2. The summed E-state index contributed by atoms with van der Waals surface area (Å²) in [6, 6.07) is 0. The molecule has 1 aliphatic heterocycles. The predicted octanol–water partition coefficient (Wildman–Crippen LogP) is -0.151. The Morgan fingerprint density at radius 2 is 2.20 bits per heavy atom. The molecule has 0 amide bonds. The van der Waals surface area contributed by atoms with E-state index in [1.54, 1.807) is 6.92 Å². The second-order valence-electron chi connectivity index (χ2n) is 4.80. The fourth-order valence-electron chi connectivity index (χ4n) is 2.23. The van der Waals surface area contributed by atoms with Crippen LogP contribution in [0.15, 0.2) is 14.1 Å². The van der Waals surface area contributed by atoms with Crippen LogP contribution < -0.4 is 11.2 Å². The minimum absolute atomic E-state index is 0.155. The average molecular weight is 278 g/mol. The summed E-state index contributed by atoms with van der Waals surface area (Å²) in [5, 5.41) is 3.92. The van der Waals surface area contributed by atoms with Gasteiger partial charge in [-0.3, -0.25) is 9.78 Å². The van der Waals surface area contributed by atoms with E-state index in [-0.39, 0.29) is 12.3 Å². The van der Waals surface area contributed by atoms with E-state index < -0.39 is 11.2 Å². The first-order chi connectivity index (χ1) is 9.63. The summed E-state index contributed by atoms with van der Waals surface area (Å²) >= 11 is 0. The van der Waals surface area contributed by atoms with Crippen LogP contribution in [0, 0.1) is 6.92 Å². The SMILES string of the molecule is Cc1[nH]c(=O)[nH]c(=O)c1Cc1nc([C@@H]2CCOC2)no1. The van der Waals surface area contributed by atoms with Crippen molar-refractivity contribution in [1.82, 2.24) is 20.1 Å². The summed E-state index contributed by atoms with van der Waals surface area (Å²) in [5.41, 5.74) is -0.0362. The molecule has 2 N–H and O–H groups in total. The van der Waals surface area contributed by atoms with Crippen LogP contribution in [0.1, 0.15) is 35.3 Å². The molecule has 2 aromatic heterocycles. The highest BCUT2D eigenvalue weighted by atomic mass is 16.5. The Kier molecular flexibility index (Phi) is 3.23. The lowest BCUT2D eigenvalue weighted by Crippen LogP contribution is -2.27. The third kappa shape index (κ3) is 2.42. The molecule has 3 rings (SSSR count). The van der Waals surface area contributed by atoms with Crippen molar-refractivity contribution in [3.63, 3.8) is 0 Å². The summed E-state index contributed by atoms with van der Waals surface area (Å²) in [6.07, 6.45) is 1.07. The third-order valence-electron chi connectivity index (χ3n) is 3.36. The maximum atomic E-state index is 11.7. The summed E-state index contributed by atoms with van der Waals surface area (Å²) < 4.78 is 10.4. The standard InChI is InChI=1S/C12H14N4O4/c1-6-8(11(17)15-12(18)13-6)4-9-14-10(16-20-9)7-2-3-19-5-7/h7H,2-5H2,1H3,(H2,13,15,17,18)/t7-/m1/s1. The number of H-pyrrole nitrogens is 2.